The molecule has 150 valence electrons. The first-order valence-corrected chi connectivity index (χ1v) is 10.4. The maximum atomic E-state index is 12.3. The van der Waals surface area contributed by atoms with Crippen molar-refractivity contribution in [3.05, 3.63) is 59.1 Å². The van der Waals surface area contributed by atoms with E-state index in [0.717, 1.165) is 29.0 Å². The van der Waals surface area contributed by atoms with E-state index in [9.17, 15) is 9.59 Å². The Morgan fingerprint density at radius 2 is 2.03 bits per heavy atom. The number of hydrogen-bond acceptors (Lipinski definition) is 5. The van der Waals surface area contributed by atoms with Crippen LogP contribution in [0.4, 0.5) is 0 Å². The molecule has 2 aromatic heterocycles. The lowest BCUT2D eigenvalue weighted by atomic mass is 10.1. The predicted octanol–water partition coefficient (Wildman–Crippen LogP) is 2.77. The zero-order valence-electron chi connectivity index (χ0n) is 15.8. The van der Waals surface area contributed by atoms with Crippen molar-refractivity contribution >= 4 is 23.2 Å². The molecule has 3 N–H and O–H groups in total. The average molecular weight is 410 g/mol. The van der Waals surface area contributed by atoms with Gasteiger partial charge in [0.15, 0.2) is 12.3 Å². The lowest BCUT2D eigenvalue weighted by molar-refractivity contribution is -0.123. The monoisotopic (exact) mass is 410 g/mol. The fraction of sp³-hybridized carbons (Fsp3) is 0.286. The summed E-state index contributed by atoms with van der Waals surface area (Å²) in [5.74, 6) is 0.368. The summed E-state index contributed by atoms with van der Waals surface area (Å²) in [7, 11) is 0. The number of carbonyl (C=O) groups excluding carboxylic acids is 2. The van der Waals surface area contributed by atoms with Crippen molar-refractivity contribution in [2.45, 2.75) is 25.3 Å². The Hall–Kier alpha value is -3.13. The van der Waals surface area contributed by atoms with Crippen molar-refractivity contribution in [1.82, 2.24) is 20.8 Å². The Balaban J connectivity index is 1.20. The minimum Gasteiger partial charge on any atom is -0.484 e. The minimum atomic E-state index is -0.203. The number of nitrogens with zero attached hydrogens (tertiary/aromatic N) is 1. The van der Waals surface area contributed by atoms with Crippen LogP contribution in [0.25, 0.3) is 10.6 Å². The number of H-pyrrole nitrogens is 1. The summed E-state index contributed by atoms with van der Waals surface area (Å²) < 4.78 is 5.49. The van der Waals surface area contributed by atoms with Gasteiger partial charge in [0.2, 0.25) is 0 Å². The molecule has 0 saturated heterocycles. The lowest BCUT2D eigenvalue weighted by Gasteiger charge is -2.08. The molecule has 1 aliphatic rings. The standard InChI is InChI=1S/C21H22N4O3S/c26-20(23-15-5-6-15)13-28-16-7-3-14(4-8-16)9-10-22-21(27)18-12-17(24-25-18)19-2-1-11-29-19/h1-4,7-8,11-12,15H,5-6,9-10,13H2,(H,22,27)(H,23,26)(H,24,25). The number of thiophene rings is 1. The molecule has 1 fully saturated rings. The molecule has 0 aliphatic heterocycles. The average Bonchev–Trinajstić information content (AvgIpc) is 3.20. The van der Waals surface area contributed by atoms with Gasteiger partial charge in [0.25, 0.3) is 11.8 Å². The van der Waals surface area contributed by atoms with Gasteiger partial charge in [-0.15, -0.1) is 11.3 Å². The van der Waals surface area contributed by atoms with Crippen molar-refractivity contribution in [3.63, 3.8) is 0 Å². The third-order valence-electron chi connectivity index (χ3n) is 4.53. The second-order valence-corrected chi connectivity index (χ2v) is 7.87. The van der Waals surface area contributed by atoms with Gasteiger partial charge in [-0.25, -0.2) is 0 Å². The van der Waals surface area contributed by atoms with Crippen molar-refractivity contribution in [3.8, 4) is 16.3 Å². The predicted molar refractivity (Wildman–Crippen MR) is 111 cm³/mol. The highest BCUT2D eigenvalue weighted by molar-refractivity contribution is 7.13. The van der Waals surface area contributed by atoms with Gasteiger partial charge >= 0.3 is 0 Å². The van der Waals surface area contributed by atoms with Crippen LogP contribution in [0.1, 0.15) is 28.9 Å². The molecular formula is C21H22N4O3S. The topological polar surface area (TPSA) is 96.1 Å². The van der Waals surface area contributed by atoms with Crippen LogP contribution in [0.5, 0.6) is 5.75 Å². The number of amides is 2. The van der Waals surface area contributed by atoms with Gasteiger partial charge in [0.1, 0.15) is 5.75 Å². The van der Waals surface area contributed by atoms with Gasteiger partial charge in [-0.05, 0) is 54.5 Å². The first-order valence-electron chi connectivity index (χ1n) is 9.56. The van der Waals surface area contributed by atoms with Crippen LogP contribution in [-0.2, 0) is 11.2 Å². The van der Waals surface area contributed by atoms with E-state index >= 15 is 0 Å². The molecule has 2 heterocycles. The SMILES string of the molecule is O=C(COc1ccc(CCNC(=O)c2cc(-c3cccs3)[nH]n2)cc1)NC1CC1. The molecule has 4 rings (SSSR count). The molecule has 0 atom stereocenters. The summed E-state index contributed by atoms with van der Waals surface area (Å²) in [5, 5.41) is 14.7. The van der Waals surface area contributed by atoms with Crippen LogP contribution >= 0.6 is 11.3 Å². The molecule has 7 nitrogen and oxygen atoms in total. The second-order valence-electron chi connectivity index (χ2n) is 6.92. The highest BCUT2D eigenvalue weighted by Crippen LogP contribution is 2.23. The van der Waals surface area contributed by atoms with E-state index in [0.29, 0.717) is 30.5 Å². The van der Waals surface area contributed by atoms with E-state index in [2.05, 4.69) is 20.8 Å². The van der Waals surface area contributed by atoms with Crippen molar-refractivity contribution in [1.29, 1.82) is 0 Å². The zero-order valence-corrected chi connectivity index (χ0v) is 16.6. The van der Waals surface area contributed by atoms with Gasteiger partial charge in [-0.2, -0.15) is 5.10 Å². The molecule has 8 heteroatoms. The van der Waals surface area contributed by atoms with Gasteiger partial charge in [-0.3, -0.25) is 14.7 Å². The highest BCUT2D eigenvalue weighted by atomic mass is 32.1. The molecule has 0 bridgehead atoms. The van der Waals surface area contributed by atoms with Gasteiger partial charge in [0.05, 0.1) is 10.6 Å². The number of hydrogen-bond donors (Lipinski definition) is 3. The molecular weight excluding hydrogens is 388 g/mol. The minimum absolute atomic E-state index is 0.0308. The molecule has 1 aliphatic carbocycles. The molecule has 1 saturated carbocycles. The van der Waals surface area contributed by atoms with E-state index in [-0.39, 0.29) is 18.4 Å². The summed E-state index contributed by atoms with van der Waals surface area (Å²) in [6.07, 6.45) is 2.82. The van der Waals surface area contributed by atoms with Crippen LogP contribution in [-0.4, -0.2) is 41.2 Å². The quantitative estimate of drug-likeness (QED) is 0.505. The van der Waals surface area contributed by atoms with Crippen LogP contribution in [0.2, 0.25) is 0 Å². The number of carbonyl (C=O) groups is 2. The number of nitrogens with one attached hydrogen (secondary N) is 3. The van der Waals surface area contributed by atoms with Crippen molar-refractivity contribution in [2.24, 2.45) is 0 Å². The molecule has 3 aromatic rings. The largest absolute Gasteiger partial charge is 0.484 e. The highest BCUT2D eigenvalue weighted by Gasteiger charge is 2.23. The number of rotatable bonds is 9. The van der Waals surface area contributed by atoms with Gasteiger partial charge < -0.3 is 15.4 Å². The first-order chi connectivity index (χ1) is 14.2. The van der Waals surface area contributed by atoms with Crippen LogP contribution in [0.15, 0.2) is 47.8 Å². The lowest BCUT2D eigenvalue weighted by Crippen LogP contribution is -2.30. The summed E-state index contributed by atoms with van der Waals surface area (Å²) in [5.41, 5.74) is 2.29. The molecule has 0 unspecified atom stereocenters. The Morgan fingerprint density at radius 1 is 1.21 bits per heavy atom. The maximum Gasteiger partial charge on any atom is 0.271 e. The first kappa shape index (κ1) is 19.2. The number of benzene rings is 1. The fourth-order valence-electron chi connectivity index (χ4n) is 2.81. The number of ether oxygens (including phenoxy) is 1. The van der Waals surface area contributed by atoms with Gasteiger partial charge in [-0.1, -0.05) is 18.2 Å². The Kier molecular flexibility index (Phi) is 5.90. The second kappa shape index (κ2) is 8.91. The zero-order chi connectivity index (χ0) is 20.1. The molecule has 2 amide bonds. The number of aromatic nitrogens is 2. The van der Waals surface area contributed by atoms with Crippen molar-refractivity contribution < 1.29 is 14.3 Å². The normalized spacial score (nSPS) is 13.1. The smallest absolute Gasteiger partial charge is 0.271 e. The molecule has 0 spiro atoms. The Bertz CT molecular complexity index is 962. The summed E-state index contributed by atoms with van der Waals surface area (Å²) in [6.45, 7) is 0.535. The van der Waals surface area contributed by atoms with Crippen LogP contribution in [0, 0.1) is 0 Å². The van der Waals surface area contributed by atoms with Gasteiger partial charge in [0, 0.05) is 12.6 Å². The molecule has 1 aromatic carbocycles. The third kappa shape index (κ3) is 5.45. The Morgan fingerprint density at radius 3 is 2.76 bits per heavy atom. The Labute approximate surface area is 172 Å². The van der Waals surface area contributed by atoms with E-state index in [1.54, 1.807) is 17.4 Å². The number of aromatic amines is 1. The summed E-state index contributed by atoms with van der Waals surface area (Å²) in [4.78, 5) is 24.9. The summed E-state index contributed by atoms with van der Waals surface area (Å²) >= 11 is 1.59. The summed E-state index contributed by atoms with van der Waals surface area (Å²) in [6, 6.07) is 13.6. The van der Waals surface area contributed by atoms with E-state index in [4.69, 9.17) is 4.74 Å². The van der Waals surface area contributed by atoms with Crippen LogP contribution < -0.4 is 15.4 Å². The molecule has 0 radical (unpaired) electrons. The van der Waals surface area contributed by atoms with Crippen molar-refractivity contribution in [2.75, 3.05) is 13.2 Å². The van der Waals surface area contributed by atoms with Crippen LogP contribution in [0.3, 0.4) is 0 Å². The maximum absolute atomic E-state index is 12.3. The van der Waals surface area contributed by atoms with E-state index in [1.807, 2.05) is 41.8 Å². The fourth-order valence-corrected chi connectivity index (χ4v) is 3.50. The molecule has 29 heavy (non-hydrogen) atoms. The van der Waals surface area contributed by atoms with E-state index < -0.39 is 0 Å². The third-order valence-corrected chi connectivity index (χ3v) is 5.44. The van der Waals surface area contributed by atoms with E-state index in [1.165, 1.54) is 0 Å².